The molecule has 3 aromatic heterocycles. The molecule has 0 aromatic carbocycles. The van der Waals surface area contributed by atoms with Gasteiger partial charge < -0.3 is 4.90 Å². The second kappa shape index (κ2) is 8.05. The zero-order valence-corrected chi connectivity index (χ0v) is 18.1. The number of fused-ring (bicyclic) bond motifs is 1. The van der Waals surface area contributed by atoms with Crippen molar-refractivity contribution in [3.05, 3.63) is 45.3 Å². The molecule has 3 aromatic rings. The van der Waals surface area contributed by atoms with E-state index in [4.69, 9.17) is 28.2 Å². The number of hydrogen-bond donors (Lipinski definition) is 0. The molecule has 0 aliphatic rings. The van der Waals surface area contributed by atoms with Gasteiger partial charge in [0.25, 0.3) is 0 Å². The molecule has 0 amide bonds. The first-order valence-corrected chi connectivity index (χ1v) is 9.80. The number of carbonyl (C=O) groups is 1. The molecule has 0 saturated heterocycles. The van der Waals surface area contributed by atoms with E-state index >= 15 is 0 Å². The quantitative estimate of drug-likeness (QED) is 0.555. The van der Waals surface area contributed by atoms with Crippen molar-refractivity contribution in [1.29, 1.82) is 0 Å². The van der Waals surface area contributed by atoms with Gasteiger partial charge in [-0.15, -0.1) is 0 Å². The molecular weight excluding hydrogens is 397 g/mol. The van der Waals surface area contributed by atoms with Crippen LogP contribution in [0.4, 0.5) is 5.82 Å². The third-order valence-electron chi connectivity index (χ3n) is 4.64. The average molecular weight is 420 g/mol. The molecule has 0 aliphatic carbocycles. The van der Waals surface area contributed by atoms with Crippen molar-refractivity contribution in [3.63, 3.8) is 0 Å². The first kappa shape index (κ1) is 20.6. The molecule has 28 heavy (non-hydrogen) atoms. The largest absolute Gasteiger partial charge is 0.352 e. The number of hydrogen-bond acceptors (Lipinski definition) is 5. The van der Waals surface area contributed by atoms with Crippen LogP contribution in [0.15, 0.2) is 18.2 Å². The summed E-state index contributed by atoms with van der Waals surface area (Å²) in [6.45, 7) is 6.51. The standard InChI is InChI=1S/C20H23Cl2N5O/c1-11(2)15-9-18(24-20-19(15)12(3)25-27(20)5)26(4)10-14(28)6-13-7-16(21)23-17(22)8-13/h7-9,11H,6,10H2,1-5H3. The van der Waals surface area contributed by atoms with Gasteiger partial charge in [0.05, 0.1) is 12.2 Å². The van der Waals surface area contributed by atoms with Crippen LogP contribution in [0, 0.1) is 6.92 Å². The molecule has 0 saturated carbocycles. The van der Waals surface area contributed by atoms with E-state index in [1.54, 1.807) is 16.8 Å². The SMILES string of the molecule is Cc1nn(C)c2nc(N(C)CC(=O)Cc3cc(Cl)nc(Cl)c3)cc(C(C)C)c12. The minimum Gasteiger partial charge on any atom is -0.352 e. The highest BCUT2D eigenvalue weighted by Crippen LogP contribution is 2.30. The lowest BCUT2D eigenvalue weighted by molar-refractivity contribution is -0.117. The summed E-state index contributed by atoms with van der Waals surface area (Å²) in [5.41, 5.74) is 3.71. The molecule has 6 nitrogen and oxygen atoms in total. The second-order valence-electron chi connectivity index (χ2n) is 7.32. The third-order valence-corrected chi connectivity index (χ3v) is 5.02. The summed E-state index contributed by atoms with van der Waals surface area (Å²) in [4.78, 5) is 23.1. The first-order chi connectivity index (χ1) is 13.2. The number of rotatable bonds is 6. The van der Waals surface area contributed by atoms with Crippen LogP contribution in [-0.4, -0.2) is 39.1 Å². The van der Waals surface area contributed by atoms with Gasteiger partial charge in [-0.1, -0.05) is 37.0 Å². The summed E-state index contributed by atoms with van der Waals surface area (Å²) in [6, 6.07) is 5.37. The van der Waals surface area contributed by atoms with Crippen molar-refractivity contribution in [1.82, 2.24) is 19.7 Å². The van der Waals surface area contributed by atoms with Gasteiger partial charge >= 0.3 is 0 Å². The van der Waals surface area contributed by atoms with E-state index in [9.17, 15) is 4.79 Å². The van der Waals surface area contributed by atoms with Gasteiger partial charge in [0.1, 0.15) is 16.1 Å². The van der Waals surface area contributed by atoms with Crippen LogP contribution >= 0.6 is 23.2 Å². The Balaban J connectivity index is 1.85. The van der Waals surface area contributed by atoms with E-state index in [-0.39, 0.29) is 29.1 Å². The van der Waals surface area contributed by atoms with Gasteiger partial charge in [-0.2, -0.15) is 5.10 Å². The number of aromatic nitrogens is 4. The number of anilines is 1. The summed E-state index contributed by atoms with van der Waals surface area (Å²) >= 11 is 11.8. The summed E-state index contributed by atoms with van der Waals surface area (Å²) in [6.07, 6.45) is 0.233. The second-order valence-corrected chi connectivity index (χ2v) is 8.10. The molecule has 0 bridgehead atoms. The van der Waals surface area contributed by atoms with Crippen LogP contribution in [0.2, 0.25) is 10.3 Å². The Bertz CT molecular complexity index is 1020. The number of likely N-dealkylation sites (N-methyl/N-ethyl adjacent to an activating group) is 1. The van der Waals surface area contributed by atoms with Gasteiger partial charge in [0.15, 0.2) is 11.4 Å². The maximum Gasteiger partial charge on any atom is 0.160 e. The van der Waals surface area contributed by atoms with Crippen molar-refractivity contribution in [3.8, 4) is 0 Å². The minimum absolute atomic E-state index is 0.0370. The normalized spacial score (nSPS) is 11.4. The fourth-order valence-electron chi connectivity index (χ4n) is 3.36. The van der Waals surface area contributed by atoms with Gasteiger partial charge in [0, 0.05) is 25.9 Å². The van der Waals surface area contributed by atoms with Crippen LogP contribution in [0.1, 0.15) is 36.6 Å². The molecule has 3 heterocycles. The molecule has 0 fully saturated rings. The maximum atomic E-state index is 12.6. The number of Topliss-reactive ketones (excluding diaryl/α,β-unsaturated/α-hetero) is 1. The Morgan fingerprint density at radius 2 is 1.82 bits per heavy atom. The van der Waals surface area contributed by atoms with Crippen LogP contribution in [-0.2, 0) is 18.3 Å². The van der Waals surface area contributed by atoms with Gasteiger partial charge in [-0.25, -0.2) is 9.97 Å². The Morgan fingerprint density at radius 3 is 2.43 bits per heavy atom. The smallest absolute Gasteiger partial charge is 0.160 e. The monoisotopic (exact) mass is 419 g/mol. The highest BCUT2D eigenvalue weighted by Gasteiger charge is 2.18. The number of halogens is 2. The zero-order chi connectivity index (χ0) is 20.6. The van der Waals surface area contributed by atoms with Crippen molar-refractivity contribution < 1.29 is 4.79 Å². The zero-order valence-electron chi connectivity index (χ0n) is 16.6. The molecule has 0 atom stereocenters. The predicted octanol–water partition coefficient (Wildman–Crippen LogP) is 4.35. The van der Waals surface area contributed by atoms with E-state index in [0.717, 1.165) is 28.1 Å². The molecule has 0 radical (unpaired) electrons. The molecule has 0 N–H and O–H groups in total. The lowest BCUT2D eigenvalue weighted by Crippen LogP contribution is -2.27. The van der Waals surface area contributed by atoms with E-state index in [0.29, 0.717) is 5.92 Å². The fraction of sp³-hybridized carbons (Fsp3) is 0.400. The highest BCUT2D eigenvalue weighted by molar-refractivity contribution is 6.32. The van der Waals surface area contributed by atoms with E-state index in [2.05, 4.69) is 30.0 Å². The van der Waals surface area contributed by atoms with Crippen LogP contribution < -0.4 is 4.90 Å². The molecular formula is C20H23Cl2N5O. The first-order valence-electron chi connectivity index (χ1n) is 9.04. The maximum absolute atomic E-state index is 12.6. The lowest BCUT2D eigenvalue weighted by Gasteiger charge is -2.20. The molecule has 3 rings (SSSR count). The highest BCUT2D eigenvalue weighted by atomic mass is 35.5. The lowest BCUT2D eigenvalue weighted by atomic mass is 9.99. The molecule has 148 valence electrons. The number of aryl methyl sites for hydroxylation is 2. The topological polar surface area (TPSA) is 63.9 Å². The Hall–Kier alpha value is -2.18. The van der Waals surface area contributed by atoms with Gasteiger partial charge in [-0.3, -0.25) is 9.48 Å². The Morgan fingerprint density at radius 1 is 1.18 bits per heavy atom. The van der Waals surface area contributed by atoms with Crippen LogP contribution in [0.25, 0.3) is 11.0 Å². The van der Waals surface area contributed by atoms with Crippen LogP contribution in [0.5, 0.6) is 0 Å². The fourth-order valence-corrected chi connectivity index (χ4v) is 3.87. The minimum atomic E-state index is 0.0370. The van der Waals surface area contributed by atoms with Crippen molar-refractivity contribution in [2.45, 2.75) is 33.1 Å². The van der Waals surface area contributed by atoms with Crippen molar-refractivity contribution in [2.75, 3.05) is 18.5 Å². The van der Waals surface area contributed by atoms with Crippen LogP contribution in [0.3, 0.4) is 0 Å². The molecule has 0 aliphatic heterocycles. The van der Waals surface area contributed by atoms with Gasteiger partial charge in [-0.05, 0) is 42.2 Å². The van der Waals surface area contributed by atoms with Crippen molar-refractivity contribution >= 4 is 45.8 Å². The summed E-state index contributed by atoms with van der Waals surface area (Å²) in [7, 11) is 3.75. The molecule has 8 heteroatoms. The number of nitrogens with zero attached hydrogens (tertiary/aromatic N) is 5. The van der Waals surface area contributed by atoms with E-state index < -0.39 is 0 Å². The molecule has 0 unspecified atom stereocenters. The number of pyridine rings is 2. The summed E-state index contributed by atoms with van der Waals surface area (Å²) in [5, 5.41) is 6.15. The Kier molecular flexibility index (Phi) is 5.91. The Labute approximate surface area is 174 Å². The van der Waals surface area contributed by atoms with Gasteiger partial charge in [0.2, 0.25) is 0 Å². The molecule has 0 spiro atoms. The predicted molar refractivity (Wildman–Crippen MR) is 114 cm³/mol. The third kappa shape index (κ3) is 4.28. The number of ketones is 1. The van der Waals surface area contributed by atoms with Crippen molar-refractivity contribution in [2.24, 2.45) is 7.05 Å². The number of carbonyl (C=O) groups excluding carboxylic acids is 1. The van der Waals surface area contributed by atoms with E-state index in [1.807, 2.05) is 25.9 Å². The summed E-state index contributed by atoms with van der Waals surface area (Å²) in [5.74, 6) is 1.10. The van der Waals surface area contributed by atoms with E-state index in [1.165, 1.54) is 5.56 Å². The average Bonchev–Trinajstić information content (AvgIpc) is 2.87. The summed E-state index contributed by atoms with van der Waals surface area (Å²) < 4.78 is 1.79.